The summed E-state index contributed by atoms with van der Waals surface area (Å²) in [4.78, 5) is 27.2. The molecule has 3 aromatic rings. The lowest BCUT2D eigenvalue weighted by Gasteiger charge is -2.23. The number of hydrogen-bond donors (Lipinski definition) is 2. The minimum Gasteiger partial charge on any atom is -0.332 e. The molecule has 0 saturated carbocycles. The second-order valence-corrected chi connectivity index (χ2v) is 7.19. The number of nitrogens with one attached hydrogen (secondary N) is 2. The fourth-order valence-corrected chi connectivity index (χ4v) is 3.23. The summed E-state index contributed by atoms with van der Waals surface area (Å²) >= 11 is 11.1. The van der Waals surface area contributed by atoms with Gasteiger partial charge in [-0.25, -0.2) is 0 Å². The zero-order chi connectivity index (χ0) is 21.5. The van der Waals surface area contributed by atoms with Gasteiger partial charge in [0, 0.05) is 22.8 Å². The molecule has 5 nitrogen and oxygen atoms in total. The topological polar surface area (TPSA) is 61.4 Å². The highest BCUT2D eigenvalue weighted by atomic mass is 35.5. The first-order valence-electron chi connectivity index (χ1n) is 9.33. The second kappa shape index (κ2) is 10.0. The molecule has 0 aromatic heterocycles. The van der Waals surface area contributed by atoms with E-state index < -0.39 is 0 Å². The summed E-state index contributed by atoms with van der Waals surface area (Å²) in [6.45, 7) is 2.42. The zero-order valence-electron chi connectivity index (χ0n) is 16.3. The minimum atomic E-state index is -0.368. The third-order valence-electron chi connectivity index (χ3n) is 4.37. The quantitative estimate of drug-likeness (QED) is 0.543. The van der Waals surface area contributed by atoms with E-state index in [1.54, 1.807) is 53.4 Å². The molecule has 30 heavy (non-hydrogen) atoms. The number of para-hydroxylation sites is 2. The van der Waals surface area contributed by atoms with Crippen molar-refractivity contribution in [2.24, 2.45) is 0 Å². The Morgan fingerprint density at radius 3 is 2.23 bits per heavy atom. The van der Waals surface area contributed by atoms with Gasteiger partial charge in [0.15, 0.2) is 5.11 Å². The molecular formula is C23H20ClN3O2S. The lowest BCUT2D eigenvalue weighted by molar-refractivity contribution is 0.0974. The normalized spacial score (nSPS) is 10.2. The number of hydrogen-bond acceptors (Lipinski definition) is 3. The lowest BCUT2D eigenvalue weighted by atomic mass is 10.1. The van der Waals surface area contributed by atoms with Crippen molar-refractivity contribution in [1.82, 2.24) is 5.32 Å². The average molecular weight is 438 g/mol. The van der Waals surface area contributed by atoms with Crippen LogP contribution in [-0.2, 0) is 0 Å². The van der Waals surface area contributed by atoms with Gasteiger partial charge in [0.25, 0.3) is 11.8 Å². The fraction of sp³-hybridized carbons (Fsp3) is 0.0870. The summed E-state index contributed by atoms with van der Waals surface area (Å²) < 4.78 is 0. The van der Waals surface area contributed by atoms with Gasteiger partial charge in [0.2, 0.25) is 0 Å². The van der Waals surface area contributed by atoms with E-state index in [1.807, 2.05) is 37.3 Å². The first-order valence-corrected chi connectivity index (χ1v) is 10.1. The van der Waals surface area contributed by atoms with Crippen LogP contribution in [0.1, 0.15) is 27.6 Å². The summed E-state index contributed by atoms with van der Waals surface area (Å²) in [5, 5.41) is 6.21. The molecule has 0 spiro atoms. The molecule has 152 valence electrons. The van der Waals surface area contributed by atoms with Gasteiger partial charge in [0.05, 0.1) is 11.3 Å². The highest BCUT2D eigenvalue weighted by molar-refractivity contribution is 7.80. The highest BCUT2D eigenvalue weighted by Gasteiger charge is 2.19. The third kappa shape index (κ3) is 5.23. The molecular weight excluding hydrogens is 418 g/mol. The molecule has 0 aliphatic carbocycles. The molecule has 2 N–H and O–H groups in total. The zero-order valence-corrected chi connectivity index (χ0v) is 17.8. The Morgan fingerprint density at radius 1 is 0.933 bits per heavy atom. The predicted molar refractivity (Wildman–Crippen MR) is 125 cm³/mol. The molecule has 3 aromatic carbocycles. The van der Waals surface area contributed by atoms with Gasteiger partial charge in [-0.3, -0.25) is 14.9 Å². The van der Waals surface area contributed by atoms with E-state index in [0.717, 1.165) is 5.69 Å². The number of amides is 2. The van der Waals surface area contributed by atoms with Crippen LogP contribution in [0.2, 0.25) is 5.02 Å². The van der Waals surface area contributed by atoms with Crippen molar-refractivity contribution in [3.8, 4) is 0 Å². The van der Waals surface area contributed by atoms with Crippen molar-refractivity contribution in [1.29, 1.82) is 0 Å². The van der Waals surface area contributed by atoms with E-state index in [0.29, 0.717) is 28.4 Å². The number of carbonyl (C=O) groups is 2. The van der Waals surface area contributed by atoms with E-state index in [9.17, 15) is 9.59 Å². The van der Waals surface area contributed by atoms with E-state index in [2.05, 4.69) is 10.6 Å². The number of anilines is 2. The Kier molecular flexibility index (Phi) is 7.17. The number of rotatable bonds is 5. The van der Waals surface area contributed by atoms with Gasteiger partial charge in [-0.15, -0.1) is 0 Å². The van der Waals surface area contributed by atoms with Crippen LogP contribution in [0, 0.1) is 0 Å². The number of halogens is 1. The van der Waals surface area contributed by atoms with Gasteiger partial charge in [0.1, 0.15) is 0 Å². The molecule has 2 amide bonds. The standard InChI is InChI=1S/C23H20ClN3O2S/c1-2-27(18-8-4-3-5-9-18)22(29)19-10-6-7-11-20(19)25-23(30)26-21(28)16-12-14-17(24)15-13-16/h3-15H,2H2,1H3,(H2,25,26,28,30). The summed E-state index contributed by atoms with van der Waals surface area (Å²) in [5.74, 6) is -0.536. The molecule has 0 atom stereocenters. The van der Waals surface area contributed by atoms with E-state index in [-0.39, 0.29) is 16.9 Å². The second-order valence-electron chi connectivity index (χ2n) is 6.35. The van der Waals surface area contributed by atoms with Crippen molar-refractivity contribution < 1.29 is 9.59 Å². The van der Waals surface area contributed by atoms with Gasteiger partial charge in [-0.2, -0.15) is 0 Å². The molecule has 0 aliphatic rings. The molecule has 0 unspecified atom stereocenters. The maximum Gasteiger partial charge on any atom is 0.260 e. The molecule has 7 heteroatoms. The van der Waals surface area contributed by atoms with Crippen molar-refractivity contribution in [3.05, 3.63) is 95.0 Å². The van der Waals surface area contributed by atoms with Crippen molar-refractivity contribution in [2.75, 3.05) is 16.8 Å². The van der Waals surface area contributed by atoms with Crippen molar-refractivity contribution in [3.63, 3.8) is 0 Å². The average Bonchev–Trinajstić information content (AvgIpc) is 2.75. The largest absolute Gasteiger partial charge is 0.332 e. The molecule has 0 radical (unpaired) electrons. The first kappa shape index (κ1) is 21.5. The first-order chi connectivity index (χ1) is 14.5. The van der Waals surface area contributed by atoms with Crippen molar-refractivity contribution in [2.45, 2.75) is 6.92 Å². The number of nitrogens with zero attached hydrogens (tertiary/aromatic N) is 1. The fourth-order valence-electron chi connectivity index (χ4n) is 2.91. The molecule has 0 aliphatic heterocycles. The summed E-state index contributed by atoms with van der Waals surface area (Å²) in [5.41, 5.74) is 2.19. The SMILES string of the molecule is CCN(C(=O)c1ccccc1NC(=S)NC(=O)c1ccc(Cl)cc1)c1ccccc1. The third-order valence-corrected chi connectivity index (χ3v) is 4.82. The Bertz CT molecular complexity index is 1060. The minimum absolute atomic E-state index is 0.0953. The molecule has 0 saturated heterocycles. The van der Waals surface area contributed by atoms with Gasteiger partial charge in [-0.05, 0) is 67.7 Å². The van der Waals surface area contributed by atoms with Gasteiger partial charge >= 0.3 is 0 Å². The monoisotopic (exact) mass is 437 g/mol. The van der Waals surface area contributed by atoms with E-state index in [1.165, 1.54) is 0 Å². The van der Waals surface area contributed by atoms with Crippen LogP contribution in [0.15, 0.2) is 78.9 Å². The molecule has 3 rings (SSSR count). The Labute approximate surface area is 185 Å². The van der Waals surface area contributed by atoms with E-state index in [4.69, 9.17) is 23.8 Å². The maximum atomic E-state index is 13.2. The number of carbonyl (C=O) groups excluding carboxylic acids is 2. The van der Waals surface area contributed by atoms with Crippen LogP contribution in [0.4, 0.5) is 11.4 Å². The number of thiocarbonyl (C=S) groups is 1. The summed E-state index contributed by atoms with van der Waals surface area (Å²) in [6, 6.07) is 23.0. The van der Waals surface area contributed by atoms with Crippen LogP contribution in [0.5, 0.6) is 0 Å². The van der Waals surface area contributed by atoms with Crippen LogP contribution in [-0.4, -0.2) is 23.5 Å². The molecule has 0 heterocycles. The molecule has 0 fully saturated rings. The summed E-state index contributed by atoms with van der Waals surface area (Å²) in [7, 11) is 0. The van der Waals surface area contributed by atoms with Crippen LogP contribution in [0.3, 0.4) is 0 Å². The Balaban J connectivity index is 1.76. The van der Waals surface area contributed by atoms with Crippen LogP contribution >= 0.6 is 23.8 Å². The lowest BCUT2D eigenvalue weighted by Crippen LogP contribution is -2.35. The van der Waals surface area contributed by atoms with Gasteiger partial charge < -0.3 is 10.2 Å². The highest BCUT2D eigenvalue weighted by Crippen LogP contribution is 2.22. The predicted octanol–water partition coefficient (Wildman–Crippen LogP) is 5.13. The summed E-state index contributed by atoms with van der Waals surface area (Å²) in [6.07, 6.45) is 0. The van der Waals surface area contributed by atoms with Crippen LogP contribution < -0.4 is 15.5 Å². The van der Waals surface area contributed by atoms with Crippen molar-refractivity contribution >= 4 is 52.1 Å². The molecule has 0 bridgehead atoms. The Morgan fingerprint density at radius 2 is 1.57 bits per heavy atom. The number of benzene rings is 3. The van der Waals surface area contributed by atoms with E-state index >= 15 is 0 Å². The van der Waals surface area contributed by atoms with Crippen LogP contribution in [0.25, 0.3) is 0 Å². The Hall–Kier alpha value is -3.22. The maximum absolute atomic E-state index is 13.2. The van der Waals surface area contributed by atoms with Gasteiger partial charge in [-0.1, -0.05) is 41.9 Å². The smallest absolute Gasteiger partial charge is 0.260 e.